The van der Waals surface area contributed by atoms with E-state index in [4.69, 9.17) is 11.6 Å². The number of nitrogens with one attached hydrogen (secondary N) is 1. The van der Waals surface area contributed by atoms with Crippen LogP contribution in [0.5, 0.6) is 0 Å². The molecule has 3 amide bonds. The van der Waals surface area contributed by atoms with Crippen LogP contribution in [0.25, 0.3) is 0 Å². The third-order valence-electron chi connectivity index (χ3n) is 4.30. The topological polar surface area (TPSA) is 86.8 Å². The van der Waals surface area contributed by atoms with Crippen LogP contribution < -0.4 is 5.32 Å². The fourth-order valence-corrected chi connectivity index (χ4v) is 4.87. The third-order valence-corrected chi connectivity index (χ3v) is 6.38. The Labute approximate surface area is 145 Å². The normalized spacial score (nSPS) is 20.5. The number of nitrogens with zero attached hydrogens (tertiary/aromatic N) is 2. The summed E-state index contributed by atoms with van der Waals surface area (Å²) < 4.78 is 26.5. The number of hydrogen-bond donors (Lipinski definition) is 1. The molecule has 0 atom stereocenters. The van der Waals surface area contributed by atoms with Crippen molar-refractivity contribution in [2.24, 2.45) is 0 Å². The van der Waals surface area contributed by atoms with Gasteiger partial charge < -0.3 is 5.32 Å². The maximum absolute atomic E-state index is 12.5. The van der Waals surface area contributed by atoms with Crippen LogP contribution in [0.4, 0.5) is 4.79 Å². The summed E-state index contributed by atoms with van der Waals surface area (Å²) in [5.74, 6) is -0.360. The first-order valence-corrected chi connectivity index (χ1v) is 9.68. The van der Waals surface area contributed by atoms with Gasteiger partial charge in [-0.2, -0.15) is 0 Å². The predicted molar refractivity (Wildman–Crippen MR) is 88.9 cm³/mol. The molecule has 2 fully saturated rings. The fourth-order valence-electron chi connectivity index (χ4n) is 3.11. The molecule has 1 aromatic carbocycles. The van der Waals surface area contributed by atoms with E-state index in [1.807, 2.05) is 0 Å². The maximum Gasteiger partial charge on any atom is 0.324 e. The van der Waals surface area contributed by atoms with Crippen LogP contribution in [0.1, 0.15) is 18.4 Å². The van der Waals surface area contributed by atoms with Gasteiger partial charge in [0.15, 0.2) is 0 Å². The van der Waals surface area contributed by atoms with E-state index in [0.29, 0.717) is 36.5 Å². The Kier molecular flexibility index (Phi) is 4.80. The van der Waals surface area contributed by atoms with Crippen LogP contribution in [0.15, 0.2) is 24.3 Å². The molecule has 0 spiro atoms. The second-order valence-electron chi connectivity index (χ2n) is 5.94. The van der Waals surface area contributed by atoms with Gasteiger partial charge in [0, 0.05) is 24.2 Å². The Bertz CT molecular complexity index is 744. The maximum atomic E-state index is 12.5. The van der Waals surface area contributed by atoms with Crippen molar-refractivity contribution in [2.45, 2.75) is 24.6 Å². The first-order chi connectivity index (χ1) is 11.4. The lowest BCUT2D eigenvalue weighted by Gasteiger charge is -2.34. The highest BCUT2D eigenvalue weighted by molar-refractivity contribution is 7.88. The zero-order valence-electron chi connectivity index (χ0n) is 12.9. The quantitative estimate of drug-likeness (QED) is 0.805. The van der Waals surface area contributed by atoms with Crippen LogP contribution in [0, 0.1) is 0 Å². The summed E-state index contributed by atoms with van der Waals surface area (Å²) >= 11 is 5.89. The molecular formula is C15H18ClN3O4S. The number of imide groups is 1. The molecule has 0 unspecified atom stereocenters. The van der Waals surface area contributed by atoms with Gasteiger partial charge in [0.1, 0.15) is 0 Å². The number of benzene rings is 1. The van der Waals surface area contributed by atoms with Crippen LogP contribution in [-0.2, 0) is 20.6 Å². The molecule has 24 heavy (non-hydrogen) atoms. The molecule has 7 nitrogen and oxygen atoms in total. The van der Waals surface area contributed by atoms with Crippen LogP contribution in [-0.4, -0.2) is 55.2 Å². The van der Waals surface area contributed by atoms with E-state index < -0.39 is 10.0 Å². The lowest BCUT2D eigenvalue weighted by atomic mass is 10.1. The average Bonchev–Trinajstić information content (AvgIpc) is 2.86. The molecule has 2 heterocycles. The van der Waals surface area contributed by atoms with Crippen molar-refractivity contribution in [2.75, 3.05) is 19.6 Å². The standard InChI is InChI=1S/C15H18ClN3O4S/c16-12-3-1-2-11(8-12)10-24(22,23)18-6-4-13(5-7-18)19-14(20)9-17-15(19)21/h1-3,8,13H,4-7,9-10H2,(H,17,21). The van der Waals surface area contributed by atoms with Gasteiger partial charge in [-0.15, -0.1) is 0 Å². The molecule has 0 saturated carbocycles. The second kappa shape index (κ2) is 6.70. The molecule has 0 aromatic heterocycles. The highest BCUT2D eigenvalue weighted by atomic mass is 35.5. The van der Waals surface area contributed by atoms with E-state index >= 15 is 0 Å². The van der Waals surface area contributed by atoms with Crippen molar-refractivity contribution in [3.05, 3.63) is 34.9 Å². The zero-order chi connectivity index (χ0) is 17.3. The van der Waals surface area contributed by atoms with E-state index in [0.717, 1.165) is 0 Å². The molecule has 0 bridgehead atoms. The average molecular weight is 372 g/mol. The number of hydrogen-bond acceptors (Lipinski definition) is 4. The number of amides is 3. The Hall–Kier alpha value is -1.64. The predicted octanol–water partition coefficient (Wildman–Crippen LogP) is 1.19. The van der Waals surface area contributed by atoms with E-state index in [1.54, 1.807) is 24.3 Å². The molecule has 130 valence electrons. The highest BCUT2D eigenvalue weighted by Gasteiger charge is 2.38. The van der Waals surface area contributed by atoms with Crippen molar-refractivity contribution in [3.8, 4) is 0 Å². The number of halogens is 1. The molecule has 3 rings (SSSR count). The fraction of sp³-hybridized carbons (Fsp3) is 0.467. The lowest BCUT2D eigenvalue weighted by Crippen LogP contribution is -2.49. The number of urea groups is 1. The molecule has 0 radical (unpaired) electrons. The van der Waals surface area contributed by atoms with Crippen molar-refractivity contribution in [1.29, 1.82) is 0 Å². The minimum Gasteiger partial charge on any atom is -0.329 e. The van der Waals surface area contributed by atoms with Gasteiger partial charge in [0.2, 0.25) is 15.9 Å². The van der Waals surface area contributed by atoms with Crippen molar-refractivity contribution in [1.82, 2.24) is 14.5 Å². The van der Waals surface area contributed by atoms with E-state index in [9.17, 15) is 18.0 Å². The molecule has 2 saturated heterocycles. The van der Waals surface area contributed by atoms with Gasteiger partial charge in [0.25, 0.3) is 0 Å². The summed E-state index contributed by atoms with van der Waals surface area (Å²) in [6.07, 6.45) is 0.905. The number of carbonyl (C=O) groups is 2. The minimum atomic E-state index is -3.46. The minimum absolute atomic E-state index is 0.0200. The van der Waals surface area contributed by atoms with Gasteiger partial charge >= 0.3 is 6.03 Å². The largest absolute Gasteiger partial charge is 0.329 e. The number of sulfonamides is 1. The SMILES string of the molecule is O=C1CNC(=O)N1C1CCN(S(=O)(=O)Cc2cccc(Cl)c2)CC1. The number of rotatable bonds is 4. The van der Waals surface area contributed by atoms with Crippen LogP contribution in [0.2, 0.25) is 5.02 Å². The summed E-state index contributed by atoms with van der Waals surface area (Å²) in [4.78, 5) is 24.6. The number of carbonyl (C=O) groups excluding carboxylic acids is 2. The molecule has 2 aliphatic rings. The first-order valence-electron chi connectivity index (χ1n) is 7.69. The van der Waals surface area contributed by atoms with Gasteiger partial charge in [-0.3, -0.25) is 9.69 Å². The second-order valence-corrected chi connectivity index (χ2v) is 8.34. The summed E-state index contributed by atoms with van der Waals surface area (Å²) in [5.41, 5.74) is 0.638. The third kappa shape index (κ3) is 3.55. The monoisotopic (exact) mass is 371 g/mol. The van der Waals surface area contributed by atoms with Crippen molar-refractivity contribution < 1.29 is 18.0 Å². The molecular weight excluding hydrogens is 354 g/mol. The summed E-state index contributed by atoms with van der Waals surface area (Å²) in [6.45, 7) is 0.612. The first kappa shape index (κ1) is 17.2. The van der Waals surface area contributed by atoms with Crippen molar-refractivity contribution >= 4 is 33.6 Å². The Morgan fingerprint density at radius 1 is 1.21 bits per heavy atom. The Balaban J connectivity index is 1.63. The van der Waals surface area contributed by atoms with Crippen LogP contribution >= 0.6 is 11.6 Å². The molecule has 0 aliphatic carbocycles. The zero-order valence-corrected chi connectivity index (χ0v) is 14.5. The van der Waals surface area contributed by atoms with E-state index in [2.05, 4.69) is 5.32 Å². The Morgan fingerprint density at radius 3 is 2.50 bits per heavy atom. The molecule has 1 N–H and O–H groups in total. The summed E-state index contributed by atoms with van der Waals surface area (Å²) in [5, 5.41) is 2.99. The summed E-state index contributed by atoms with van der Waals surface area (Å²) in [6, 6.07) is 6.15. The van der Waals surface area contributed by atoms with E-state index in [1.165, 1.54) is 9.21 Å². The molecule has 1 aromatic rings. The Morgan fingerprint density at radius 2 is 1.92 bits per heavy atom. The molecule has 2 aliphatic heterocycles. The lowest BCUT2D eigenvalue weighted by molar-refractivity contribution is -0.127. The smallest absolute Gasteiger partial charge is 0.324 e. The molecule has 9 heteroatoms. The number of piperidine rings is 1. The highest BCUT2D eigenvalue weighted by Crippen LogP contribution is 2.23. The van der Waals surface area contributed by atoms with Crippen molar-refractivity contribution in [3.63, 3.8) is 0 Å². The van der Waals surface area contributed by atoms with Gasteiger partial charge in [0.05, 0.1) is 12.3 Å². The van der Waals surface area contributed by atoms with Gasteiger partial charge in [-0.25, -0.2) is 17.5 Å². The van der Waals surface area contributed by atoms with Crippen LogP contribution in [0.3, 0.4) is 0 Å². The summed E-state index contributed by atoms with van der Waals surface area (Å²) in [7, 11) is -3.46. The van der Waals surface area contributed by atoms with E-state index in [-0.39, 0.29) is 30.3 Å². The van der Waals surface area contributed by atoms with Gasteiger partial charge in [-0.1, -0.05) is 23.7 Å². The van der Waals surface area contributed by atoms with Gasteiger partial charge in [-0.05, 0) is 30.5 Å².